The number of carbonyl (C=O) groups is 1. The number of aryl methyl sites for hydroxylation is 3. The van der Waals surface area contributed by atoms with Crippen LogP contribution in [0.15, 0.2) is 68.7 Å². The number of rotatable bonds is 7. The SMILES string of the molecule is Cc1cc(NS(=O)(=O)c2ccc(NC(=O)C(C)Oc3ccc4c(C)cc(=O)oc4c3)cc2)nc(C)n1. The van der Waals surface area contributed by atoms with Crippen molar-refractivity contribution < 1.29 is 22.4 Å². The van der Waals surface area contributed by atoms with Crippen LogP contribution in [-0.2, 0) is 14.8 Å². The van der Waals surface area contributed by atoms with Gasteiger partial charge in [0.15, 0.2) is 6.10 Å². The van der Waals surface area contributed by atoms with Crippen LogP contribution in [0.1, 0.15) is 24.0 Å². The Morgan fingerprint density at radius 3 is 2.42 bits per heavy atom. The summed E-state index contributed by atoms with van der Waals surface area (Å²) >= 11 is 0. The van der Waals surface area contributed by atoms with Gasteiger partial charge in [-0.15, -0.1) is 0 Å². The van der Waals surface area contributed by atoms with Crippen LogP contribution in [0.25, 0.3) is 11.0 Å². The van der Waals surface area contributed by atoms with Crippen LogP contribution in [0.2, 0.25) is 0 Å². The summed E-state index contributed by atoms with van der Waals surface area (Å²) in [6.07, 6.45) is -0.881. The molecule has 2 N–H and O–H groups in total. The molecule has 4 aromatic rings. The lowest BCUT2D eigenvalue weighted by atomic mass is 10.1. The number of ether oxygens (including phenoxy) is 1. The maximum absolute atomic E-state index is 12.7. The fraction of sp³-hybridized carbons (Fsp3) is 0.200. The van der Waals surface area contributed by atoms with Crippen LogP contribution in [0.3, 0.4) is 0 Å². The van der Waals surface area contributed by atoms with E-state index in [-0.39, 0.29) is 10.7 Å². The normalized spacial score (nSPS) is 12.2. The first-order valence-corrected chi connectivity index (χ1v) is 12.5. The second-order valence-electron chi connectivity index (χ2n) is 8.23. The van der Waals surface area contributed by atoms with Crippen LogP contribution in [0.4, 0.5) is 11.5 Å². The predicted octanol–water partition coefficient (Wildman–Crippen LogP) is 3.72. The third-order valence-electron chi connectivity index (χ3n) is 5.24. The summed E-state index contributed by atoms with van der Waals surface area (Å²) in [4.78, 5) is 32.5. The van der Waals surface area contributed by atoms with Gasteiger partial charge in [-0.25, -0.2) is 23.2 Å². The lowest BCUT2D eigenvalue weighted by molar-refractivity contribution is -0.122. The Bertz CT molecular complexity index is 1590. The minimum absolute atomic E-state index is 0.00617. The first-order chi connectivity index (χ1) is 17.0. The van der Waals surface area contributed by atoms with Crippen LogP contribution < -0.4 is 20.4 Å². The summed E-state index contributed by atoms with van der Waals surface area (Å²) in [7, 11) is -3.88. The summed E-state index contributed by atoms with van der Waals surface area (Å²) in [6, 6.07) is 13.6. The molecule has 186 valence electrons. The van der Waals surface area contributed by atoms with E-state index >= 15 is 0 Å². The van der Waals surface area contributed by atoms with Gasteiger partial charge in [0.25, 0.3) is 15.9 Å². The molecule has 0 aliphatic rings. The van der Waals surface area contributed by atoms with Gasteiger partial charge in [-0.1, -0.05) is 0 Å². The van der Waals surface area contributed by atoms with Gasteiger partial charge in [0, 0.05) is 35.0 Å². The number of benzene rings is 2. The molecule has 1 unspecified atom stereocenters. The highest BCUT2D eigenvalue weighted by molar-refractivity contribution is 7.92. The Morgan fingerprint density at radius 1 is 1.00 bits per heavy atom. The molecule has 1 atom stereocenters. The van der Waals surface area contributed by atoms with E-state index in [0.717, 1.165) is 10.9 Å². The van der Waals surface area contributed by atoms with Crippen LogP contribution in [0, 0.1) is 20.8 Å². The molecule has 0 radical (unpaired) electrons. The number of nitrogens with one attached hydrogen (secondary N) is 2. The van der Waals surface area contributed by atoms with Crippen molar-refractivity contribution in [3.63, 3.8) is 0 Å². The zero-order valence-electron chi connectivity index (χ0n) is 20.0. The average molecular weight is 509 g/mol. The monoisotopic (exact) mass is 508 g/mol. The second-order valence-corrected chi connectivity index (χ2v) is 9.91. The molecule has 0 saturated carbocycles. The molecule has 2 aromatic heterocycles. The van der Waals surface area contributed by atoms with Crippen molar-refractivity contribution in [3.8, 4) is 5.75 Å². The number of anilines is 2. The Hall–Kier alpha value is -4.25. The number of carbonyl (C=O) groups excluding carboxylic acids is 1. The molecule has 0 aliphatic carbocycles. The third kappa shape index (κ3) is 5.69. The van der Waals surface area contributed by atoms with Crippen molar-refractivity contribution in [1.82, 2.24) is 9.97 Å². The summed E-state index contributed by atoms with van der Waals surface area (Å²) in [6.45, 7) is 6.79. The van der Waals surface area contributed by atoms with Crippen LogP contribution >= 0.6 is 0 Å². The summed E-state index contributed by atoms with van der Waals surface area (Å²) < 4.78 is 38.7. The molecule has 1 amide bonds. The van der Waals surface area contributed by atoms with E-state index in [4.69, 9.17) is 9.15 Å². The van der Waals surface area contributed by atoms with E-state index < -0.39 is 27.7 Å². The molecule has 11 heteroatoms. The Labute approximate surface area is 207 Å². The second kappa shape index (κ2) is 9.78. The van der Waals surface area contributed by atoms with Crippen molar-refractivity contribution >= 4 is 38.4 Å². The Balaban J connectivity index is 1.42. The largest absolute Gasteiger partial charge is 0.481 e. The van der Waals surface area contributed by atoms with Crippen molar-refractivity contribution in [1.29, 1.82) is 0 Å². The van der Waals surface area contributed by atoms with Crippen molar-refractivity contribution in [2.75, 3.05) is 10.0 Å². The molecular formula is C25H24N4O6S. The standard InChI is InChI=1S/C25H24N4O6S/c1-14-11-24(30)35-22-13-19(7-10-21(14)22)34-16(3)25(31)28-18-5-8-20(9-6-18)36(32,33)29-23-12-15(2)26-17(4)27-23/h5-13,16H,1-4H3,(H,28,31)(H,26,27,29). The molecule has 2 heterocycles. The molecule has 36 heavy (non-hydrogen) atoms. The molecule has 2 aromatic carbocycles. The van der Waals surface area contributed by atoms with Crippen molar-refractivity contribution in [2.45, 2.75) is 38.7 Å². The fourth-order valence-corrected chi connectivity index (χ4v) is 4.56. The van der Waals surface area contributed by atoms with Gasteiger partial charge in [0.05, 0.1) is 4.90 Å². The van der Waals surface area contributed by atoms with Gasteiger partial charge in [-0.2, -0.15) is 0 Å². The van der Waals surface area contributed by atoms with E-state index in [1.165, 1.54) is 36.4 Å². The molecule has 4 rings (SSSR count). The first kappa shape index (κ1) is 24.9. The quantitative estimate of drug-likeness (QED) is 0.360. The first-order valence-electron chi connectivity index (χ1n) is 11.0. The zero-order valence-corrected chi connectivity index (χ0v) is 20.8. The highest BCUT2D eigenvalue weighted by atomic mass is 32.2. The predicted molar refractivity (Wildman–Crippen MR) is 135 cm³/mol. The number of hydrogen-bond acceptors (Lipinski definition) is 8. The Morgan fingerprint density at radius 2 is 1.72 bits per heavy atom. The molecule has 10 nitrogen and oxygen atoms in total. The molecule has 0 aliphatic heterocycles. The zero-order chi connectivity index (χ0) is 26.0. The lowest BCUT2D eigenvalue weighted by Gasteiger charge is -2.15. The number of nitrogens with zero attached hydrogens (tertiary/aromatic N) is 2. The minimum atomic E-state index is -3.88. The van der Waals surface area contributed by atoms with E-state index in [9.17, 15) is 18.0 Å². The highest BCUT2D eigenvalue weighted by Gasteiger charge is 2.18. The summed E-state index contributed by atoms with van der Waals surface area (Å²) in [5, 5.41) is 3.46. The van der Waals surface area contributed by atoms with E-state index in [2.05, 4.69) is 20.0 Å². The molecular weight excluding hydrogens is 484 g/mol. The minimum Gasteiger partial charge on any atom is -0.481 e. The van der Waals surface area contributed by atoms with Gasteiger partial charge < -0.3 is 14.5 Å². The fourth-order valence-electron chi connectivity index (χ4n) is 3.56. The average Bonchev–Trinajstić information content (AvgIpc) is 2.78. The van der Waals surface area contributed by atoms with Gasteiger partial charge >= 0.3 is 5.63 Å². The van der Waals surface area contributed by atoms with Crippen molar-refractivity contribution in [3.05, 3.63) is 82.1 Å². The maximum atomic E-state index is 12.7. The molecule has 0 spiro atoms. The lowest BCUT2D eigenvalue weighted by Crippen LogP contribution is -2.30. The molecule has 0 bridgehead atoms. The number of fused-ring (bicyclic) bond motifs is 1. The summed E-state index contributed by atoms with van der Waals surface area (Å²) in [5.74, 6) is 0.542. The van der Waals surface area contributed by atoms with Gasteiger partial charge in [-0.05, 0) is 69.7 Å². The van der Waals surface area contributed by atoms with Gasteiger partial charge in [0.2, 0.25) is 0 Å². The molecule has 0 saturated heterocycles. The van der Waals surface area contributed by atoms with Crippen LogP contribution in [-0.4, -0.2) is 30.4 Å². The van der Waals surface area contributed by atoms with E-state index in [1.54, 1.807) is 45.9 Å². The molecule has 0 fully saturated rings. The number of sulfonamides is 1. The van der Waals surface area contributed by atoms with Crippen molar-refractivity contribution in [2.24, 2.45) is 0 Å². The summed E-state index contributed by atoms with van der Waals surface area (Å²) in [5.41, 5.74) is 1.71. The maximum Gasteiger partial charge on any atom is 0.336 e. The van der Waals surface area contributed by atoms with E-state index in [0.29, 0.717) is 28.5 Å². The van der Waals surface area contributed by atoms with Gasteiger partial charge in [0.1, 0.15) is 23.0 Å². The topological polar surface area (TPSA) is 140 Å². The van der Waals surface area contributed by atoms with Gasteiger partial charge in [-0.3, -0.25) is 9.52 Å². The highest BCUT2D eigenvalue weighted by Crippen LogP contribution is 2.23. The number of aromatic nitrogens is 2. The number of amides is 1. The number of hydrogen-bond donors (Lipinski definition) is 2. The Kier molecular flexibility index (Phi) is 6.75. The smallest absolute Gasteiger partial charge is 0.336 e. The van der Waals surface area contributed by atoms with Crippen LogP contribution in [0.5, 0.6) is 5.75 Å². The van der Waals surface area contributed by atoms with E-state index in [1.807, 2.05) is 0 Å². The third-order valence-corrected chi connectivity index (χ3v) is 6.61.